The van der Waals surface area contributed by atoms with Crippen molar-refractivity contribution in [3.63, 3.8) is 0 Å². The van der Waals surface area contributed by atoms with Crippen molar-refractivity contribution in [3.05, 3.63) is 23.2 Å². The number of hydrogen-bond acceptors (Lipinski definition) is 2. The lowest BCUT2D eigenvalue weighted by Crippen LogP contribution is -2.15. The number of nitrogens with zero attached hydrogens (tertiary/aromatic N) is 1. The van der Waals surface area contributed by atoms with Gasteiger partial charge in [0, 0.05) is 25.8 Å². The van der Waals surface area contributed by atoms with Gasteiger partial charge in [0.2, 0.25) is 0 Å². The van der Waals surface area contributed by atoms with Crippen molar-refractivity contribution in [3.8, 4) is 0 Å². The Kier molecular flexibility index (Phi) is 5.63. The Hall–Kier alpha value is -0.890. The standard InChI is InChI=1S/C14H23ClN2/c1-5-6-7-11(2)16-12-8-9-14(17(3)4)13(15)10-12/h8-11,16H,5-7H2,1-4H3. The van der Waals surface area contributed by atoms with Gasteiger partial charge in [0.25, 0.3) is 0 Å². The summed E-state index contributed by atoms with van der Waals surface area (Å²) in [5, 5.41) is 4.27. The zero-order chi connectivity index (χ0) is 12.8. The molecule has 1 atom stereocenters. The van der Waals surface area contributed by atoms with Crippen LogP contribution in [0.1, 0.15) is 33.1 Å². The quantitative estimate of drug-likeness (QED) is 0.810. The SMILES string of the molecule is CCCCC(C)Nc1ccc(N(C)C)c(Cl)c1. The number of unbranched alkanes of at least 4 members (excludes halogenated alkanes) is 1. The Morgan fingerprint density at radius 1 is 1.35 bits per heavy atom. The molecule has 0 saturated heterocycles. The van der Waals surface area contributed by atoms with Crippen LogP contribution in [0.4, 0.5) is 11.4 Å². The van der Waals surface area contributed by atoms with Gasteiger partial charge in [0.1, 0.15) is 0 Å². The van der Waals surface area contributed by atoms with E-state index in [0.717, 1.165) is 16.4 Å². The summed E-state index contributed by atoms with van der Waals surface area (Å²) in [5.41, 5.74) is 2.16. The van der Waals surface area contributed by atoms with Gasteiger partial charge in [-0.25, -0.2) is 0 Å². The van der Waals surface area contributed by atoms with E-state index in [-0.39, 0.29) is 0 Å². The van der Waals surface area contributed by atoms with Gasteiger partial charge in [0.05, 0.1) is 10.7 Å². The van der Waals surface area contributed by atoms with Crippen LogP contribution in [0.3, 0.4) is 0 Å². The fraction of sp³-hybridized carbons (Fsp3) is 0.571. The first-order valence-corrected chi connectivity index (χ1v) is 6.65. The third-order valence-electron chi connectivity index (χ3n) is 2.83. The van der Waals surface area contributed by atoms with Crippen LogP contribution in [0.2, 0.25) is 5.02 Å². The molecule has 96 valence electrons. The Morgan fingerprint density at radius 3 is 2.59 bits per heavy atom. The van der Waals surface area contributed by atoms with Crippen LogP contribution in [0, 0.1) is 0 Å². The molecule has 0 spiro atoms. The predicted octanol–water partition coefficient (Wildman–Crippen LogP) is 4.40. The average Bonchev–Trinajstić information content (AvgIpc) is 2.26. The van der Waals surface area contributed by atoms with E-state index in [1.165, 1.54) is 19.3 Å². The van der Waals surface area contributed by atoms with Gasteiger partial charge >= 0.3 is 0 Å². The first kappa shape index (κ1) is 14.2. The summed E-state index contributed by atoms with van der Waals surface area (Å²) in [6, 6.07) is 6.64. The van der Waals surface area contributed by atoms with Crippen molar-refractivity contribution in [2.45, 2.75) is 39.2 Å². The van der Waals surface area contributed by atoms with E-state index >= 15 is 0 Å². The molecular weight excluding hydrogens is 232 g/mol. The monoisotopic (exact) mass is 254 g/mol. The molecule has 1 N–H and O–H groups in total. The zero-order valence-corrected chi connectivity index (χ0v) is 12.0. The van der Waals surface area contributed by atoms with E-state index in [2.05, 4.69) is 31.3 Å². The molecule has 0 aliphatic rings. The molecule has 0 heterocycles. The van der Waals surface area contributed by atoms with E-state index in [4.69, 9.17) is 11.6 Å². The van der Waals surface area contributed by atoms with Crippen LogP contribution in [0.15, 0.2) is 18.2 Å². The van der Waals surface area contributed by atoms with Gasteiger partial charge in [-0.05, 0) is 31.5 Å². The average molecular weight is 255 g/mol. The van der Waals surface area contributed by atoms with E-state index < -0.39 is 0 Å². The smallest absolute Gasteiger partial charge is 0.0659 e. The molecule has 1 aromatic carbocycles. The minimum Gasteiger partial charge on any atom is -0.383 e. The molecule has 0 radical (unpaired) electrons. The van der Waals surface area contributed by atoms with Crippen LogP contribution in [0.5, 0.6) is 0 Å². The first-order valence-electron chi connectivity index (χ1n) is 6.28. The molecule has 1 aromatic rings. The summed E-state index contributed by atoms with van der Waals surface area (Å²) in [6.45, 7) is 4.43. The maximum atomic E-state index is 6.23. The summed E-state index contributed by atoms with van der Waals surface area (Å²) in [4.78, 5) is 2.02. The fourth-order valence-electron chi connectivity index (χ4n) is 1.83. The van der Waals surface area contributed by atoms with E-state index in [0.29, 0.717) is 6.04 Å². The van der Waals surface area contributed by atoms with Crippen molar-refractivity contribution in [2.75, 3.05) is 24.3 Å². The Bertz CT molecular complexity index is 350. The fourth-order valence-corrected chi connectivity index (χ4v) is 2.18. The van der Waals surface area contributed by atoms with Crippen molar-refractivity contribution in [1.82, 2.24) is 0 Å². The molecule has 3 heteroatoms. The Morgan fingerprint density at radius 2 is 2.06 bits per heavy atom. The topological polar surface area (TPSA) is 15.3 Å². The molecule has 1 unspecified atom stereocenters. The van der Waals surface area contributed by atoms with Crippen LogP contribution in [-0.4, -0.2) is 20.1 Å². The second-order valence-corrected chi connectivity index (χ2v) is 5.16. The largest absolute Gasteiger partial charge is 0.383 e. The molecule has 0 amide bonds. The highest BCUT2D eigenvalue weighted by molar-refractivity contribution is 6.33. The van der Waals surface area contributed by atoms with Crippen LogP contribution < -0.4 is 10.2 Å². The summed E-state index contributed by atoms with van der Waals surface area (Å²) < 4.78 is 0. The lowest BCUT2D eigenvalue weighted by atomic mass is 10.1. The van der Waals surface area contributed by atoms with Gasteiger partial charge in [-0.3, -0.25) is 0 Å². The molecule has 0 aliphatic heterocycles. The van der Waals surface area contributed by atoms with Crippen molar-refractivity contribution in [2.24, 2.45) is 0 Å². The molecule has 1 rings (SSSR count). The molecule has 0 bridgehead atoms. The van der Waals surface area contributed by atoms with Crippen LogP contribution in [0.25, 0.3) is 0 Å². The van der Waals surface area contributed by atoms with E-state index in [1.54, 1.807) is 0 Å². The molecule has 0 aliphatic carbocycles. The van der Waals surface area contributed by atoms with Crippen LogP contribution >= 0.6 is 11.6 Å². The molecule has 0 saturated carbocycles. The third kappa shape index (κ3) is 4.47. The number of hydrogen-bond donors (Lipinski definition) is 1. The van der Waals surface area contributed by atoms with Gasteiger partial charge in [-0.2, -0.15) is 0 Å². The maximum absolute atomic E-state index is 6.23. The van der Waals surface area contributed by atoms with Crippen LogP contribution in [-0.2, 0) is 0 Å². The molecular formula is C14H23ClN2. The normalized spacial score (nSPS) is 12.3. The molecule has 2 nitrogen and oxygen atoms in total. The van der Waals surface area contributed by atoms with Gasteiger partial charge in [0.15, 0.2) is 0 Å². The molecule has 0 aromatic heterocycles. The van der Waals surface area contributed by atoms with E-state index in [1.807, 2.05) is 25.1 Å². The second-order valence-electron chi connectivity index (χ2n) is 4.75. The Labute approximate surface area is 110 Å². The first-order chi connectivity index (χ1) is 8.04. The number of halogens is 1. The highest BCUT2D eigenvalue weighted by Crippen LogP contribution is 2.27. The summed E-state index contributed by atoms with van der Waals surface area (Å²) in [6.07, 6.45) is 3.70. The highest BCUT2D eigenvalue weighted by atomic mass is 35.5. The second kappa shape index (κ2) is 6.75. The van der Waals surface area contributed by atoms with Crippen molar-refractivity contribution < 1.29 is 0 Å². The lowest BCUT2D eigenvalue weighted by Gasteiger charge is -2.18. The van der Waals surface area contributed by atoms with Gasteiger partial charge in [-0.1, -0.05) is 31.4 Å². The number of benzene rings is 1. The zero-order valence-electron chi connectivity index (χ0n) is 11.3. The number of anilines is 2. The summed E-state index contributed by atoms with van der Waals surface area (Å²) >= 11 is 6.23. The van der Waals surface area contributed by atoms with E-state index in [9.17, 15) is 0 Å². The summed E-state index contributed by atoms with van der Waals surface area (Å²) in [5.74, 6) is 0. The minimum atomic E-state index is 0.497. The van der Waals surface area contributed by atoms with Gasteiger partial charge < -0.3 is 10.2 Å². The number of nitrogens with one attached hydrogen (secondary N) is 1. The Balaban J connectivity index is 2.64. The molecule has 17 heavy (non-hydrogen) atoms. The summed E-state index contributed by atoms with van der Waals surface area (Å²) in [7, 11) is 4.00. The lowest BCUT2D eigenvalue weighted by molar-refractivity contribution is 0.645. The highest BCUT2D eigenvalue weighted by Gasteiger charge is 2.05. The van der Waals surface area contributed by atoms with Crippen molar-refractivity contribution >= 4 is 23.0 Å². The predicted molar refractivity (Wildman–Crippen MR) is 78.4 cm³/mol. The molecule has 0 fully saturated rings. The number of rotatable bonds is 6. The third-order valence-corrected chi connectivity index (χ3v) is 3.14. The van der Waals surface area contributed by atoms with Gasteiger partial charge in [-0.15, -0.1) is 0 Å². The minimum absolute atomic E-state index is 0.497. The maximum Gasteiger partial charge on any atom is 0.0659 e. The van der Waals surface area contributed by atoms with Crippen molar-refractivity contribution in [1.29, 1.82) is 0 Å².